The van der Waals surface area contributed by atoms with Crippen molar-refractivity contribution in [3.63, 3.8) is 0 Å². The molecule has 1 amide bonds. The van der Waals surface area contributed by atoms with Crippen LogP contribution < -0.4 is 5.32 Å². The normalized spacial score (nSPS) is 12.8. The third-order valence-electron chi connectivity index (χ3n) is 3.83. The SMILES string of the molecule is CC(C)C(NC(=O)c1ccc(CS(C)(=O)=O)cc1)c1ccc(F)cc1. The van der Waals surface area contributed by atoms with E-state index in [9.17, 15) is 17.6 Å². The highest BCUT2D eigenvalue weighted by Crippen LogP contribution is 2.22. The lowest BCUT2D eigenvalue weighted by Crippen LogP contribution is -2.31. The second-order valence-corrected chi connectivity index (χ2v) is 8.65. The van der Waals surface area contributed by atoms with Gasteiger partial charge in [-0.3, -0.25) is 4.79 Å². The van der Waals surface area contributed by atoms with Crippen LogP contribution >= 0.6 is 0 Å². The molecule has 0 saturated carbocycles. The second-order valence-electron chi connectivity index (χ2n) is 6.51. The van der Waals surface area contributed by atoms with Gasteiger partial charge in [0, 0.05) is 11.8 Å². The first-order valence-corrected chi connectivity index (χ1v) is 10.0. The van der Waals surface area contributed by atoms with Crippen molar-refractivity contribution in [2.24, 2.45) is 5.92 Å². The van der Waals surface area contributed by atoms with Gasteiger partial charge in [-0.1, -0.05) is 38.1 Å². The summed E-state index contributed by atoms with van der Waals surface area (Å²) in [5, 5.41) is 2.96. The first-order chi connectivity index (χ1) is 11.7. The van der Waals surface area contributed by atoms with E-state index in [0.717, 1.165) is 5.56 Å². The topological polar surface area (TPSA) is 63.2 Å². The number of carbonyl (C=O) groups is 1. The van der Waals surface area contributed by atoms with Gasteiger partial charge in [0.2, 0.25) is 0 Å². The average Bonchev–Trinajstić information content (AvgIpc) is 2.52. The van der Waals surface area contributed by atoms with E-state index in [-0.39, 0.29) is 29.4 Å². The lowest BCUT2D eigenvalue weighted by atomic mass is 9.95. The highest BCUT2D eigenvalue weighted by atomic mass is 32.2. The predicted octanol–water partition coefficient (Wildman–Crippen LogP) is 3.50. The molecule has 0 heterocycles. The minimum Gasteiger partial charge on any atom is -0.345 e. The lowest BCUT2D eigenvalue weighted by Gasteiger charge is -2.23. The van der Waals surface area contributed by atoms with E-state index in [1.165, 1.54) is 18.4 Å². The molecule has 0 aliphatic carbocycles. The summed E-state index contributed by atoms with van der Waals surface area (Å²) in [6.45, 7) is 3.95. The monoisotopic (exact) mass is 363 g/mol. The maximum atomic E-state index is 13.1. The third kappa shape index (κ3) is 5.67. The molecule has 0 fully saturated rings. The Bertz CT molecular complexity index is 828. The second kappa shape index (κ2) is 7.78. The van der Waals surface area contributed by atoms with Gasteiger partial charge in [0.15, 0.2) is 9.84 Å². The van der Waals surface area contributed by atoms with Crippen LogP contribution in [0.4, 0.5) is 4.39 Å². The molecular weight excluding hydrogens is 341 g/mol. The molecule has 25 heavy (non-hydrogen) atoms. The Morgan fingerprint density at radius 2 is 1.60 bits per heavy atom. The van der Waals surface area contributed by atoms with Crippen molar-refractivity contribution in [2.45, 2.75) is 25.6 Å². The van der Waals surface area contributed by atoms with Crippen LogP contribution in [0.3, 0.4) is 0 Å². The van der Waals surface area contributed by atoms with Crippen LogP contribution in [0.5, 0.6) is 0 Å². The van der Waals surface area contributed by atoms with Gasteiger partial charge in [-0.15, -0.1) is 0 Å². The predicted molar refractivity (Wildman–Crippen MR) is 96.4 cm³/mol. The lowest BCUT2D eigenvalue weighted by molar-refractivity contribution is 0.0925. The van der Waals surface area contributed by atoms with E-state index in [4.69, 9.17) is 0 Å². The van der Waals surface area contributed by atoms with Crippen LogP contribution in [0, 0.1) is 11.7 Å². The Kier molecular flexibility index (Phi) is 5.95. The summed E-state index contributed by atoms with van der Waals surface area (Å²) < 4.78 is 35.7. The molecule has 0 spiro atoms. The average molecular weight is 363 g/mol. The molecular formula is C19H22FNO3S. The van der Waals surface area contributed by atoms with Gasteiger partial charge in [0.05, 0.1) is 11.8 Å². The first-order valence-electron chi connectivity index (χ1n) is 7.99. The molecule has 134 valence electrons. The molecule has 0 aliphatic heterocycles. The molecule has 2 rings (SSSR count). The van der Waals surface area contributed by atoms with E-state index >= 15 is 0 Å². The number of sulfone groups is 1. The Morgan fingerprint density at radius 3 is 2.08 bits per heavy atom. The quantitative estimate of drug-likeness (QED) is 0.854. The molecule has 0 bridgehead atoms. The number of rotatable bonds is 6. The fraction of sp³-hybridized carbons (Fsp3) is 0.316. The number of hydrogen-bond acceptors (Lipinski definition) is 3. The molecule has 6 heteroatoms. The van der Waals surface area contributed by atoms with E-state index in [1.54, 1.807) is 36.4 Å². The van der Waals surface area contributed by atoms with Gasteiger partial charge in [-0.05, 0) is 41.3 Å². The van der Waals surface area contributed by atoms with Gasteiger partial charge in [0.1, 0.15) is 5.82 Å². The number of halogens is 1. The molecule has 2 aromatic rings. The molecule has 0 aromatic heterocycles. The molecule has 0 aliphatic rings. The molecule has 0 saturated heterocycles. The van der Waals surface area contributed by atoms with Crippen LogP contribution in [-0.2, 0) is 15.6 Å². The zero-order chi connectivity index (χ0) is 18.6. The summed E-state index contributed by atoms with van der Waals surface area (Å²) in [6, 6.07) is 12.3. The van der Waals surface area contributed by atoms with Crippen LogP contribution in [-0.4, -0.2) is 20.6 Å². The highest BCUT2D eigenvalue weighted by Gasteiger charge is 2.19. The maximum Gasteiger partial charge on any atom is 0.251 e. The molecule has 4 nitrogen and oxygen atoms in total. The van der Waals surface area contributed by atoms with E-state index in [1.807, 2.05) is 13.8 Å². The molecule has 1 N–H and O–H groups in total. The number of hydrogen-bond donors (Lipinski definition) is 1. The molecule has 2 aromatic carbocycles. The van der Waals surface area contributed by atoms with Crippen molar-refractivity contribution in [2.75, 3.05) is 6.26 Å². The van der Waals surface area contributed by atoms with Gasteiger partial charge in [-0.2, -0.15) is 0 Å². The van der Waals surface area contributed by atoms with Crippen LogP contribution in [0.1, 0.15) is 41.4 Å². The fourth-order valence-electron chi connectivity index (χ4n) is 2.58. The van der Waals surface area contributed by atoms with Crippen molar-refractivity contribution < 1.29 is 17.6 Å². The molecule has 0 radical (unpaired) electrons. The summed E-state index contributed by atoms with van der Waals surface area (Å²) >= 11 is 0. The van der Waals surface area contributed by atoms with Gasteiger partial charge < -0.3 is 5.32 Å². The van der Waals surface area contributed by atoms with E-state index < -0.39 is 9.84 Å². The Hall–Kier alpha value is -2.21. The van der Waals surface area contributed by atoms with E-state index in [0.29, 0.717) is 11.1 Å². The minimum absolute atomic E-state index is 0.0565. The first kappa shape index (κ1) is 19.1. The number of amides is 1. The summed E-state index contributed by atoms with van der Waals surface area (Å²) in [5.74, 6) is -0.508. The molecule has 1 unspecified atom stereocenters. The Balaban J connectivity index is 2.14. The van der Waals surface area contributed by atoms with Gasteiger partial charge in [-0.25, -0.2) is 12.8 Å². The van der Waals surface area contributed by atoms with Gasteiger partial charge in [0.25, 0.3) is 5.91 Å². The zero-order valence-corrected chi connectivity index (χ0v) is 15.3. The van der Waals surface area contributed by atoms with Crippen LogP contribution in [0.15, 0.2) is 48.5 Å². The van der Waals surface area contributed by atoms with Crippen molar-refractivity contribution in [3.8, 4) is 0 Å². The number of carbonyl (C=O) groups excluding carboxylic acids is 1. The highest BCUT2D eigenvalue weighted by molar-refractivity contribution is 7.89. The Morgan fingerprint density at radius 1 is 1.04 bits per heavy atom. The third-order valence-corrected chi connectivity index (χ3v) is 4.69. The Labute approximate surface area is 148 Å². The largest absolute Gasteiger partial charge is 0.345 e. The molecule has 1 atom stereocenters. The van der Waals surface area contributed by atoms with Gasteiger partial charge >= 0.3 is 0 Å². The van der Waals surface area contributed by atoms with Crippen molar-refractivity contribution in [1.82, 2.24) is 5.32 Å². The summed E-state index contributed by atoms with van der Waals surface area (Å²) in [7, 11) is -3.11. The minimum atomic E-state index is -3.11. The van der Waals surface area contributed by atoms with Crippen molar-refractivity contribution in [1.29, 1.82) is 0 Å². The summed E-state index contributed by atoms with van der Waals surface area (Å²) in [4.78, 5) is 12.5. The number of nitrogens with one attached hydrogen (secondary N) is 1. The van der Waals surface area contributed by atoms with Crippen molar-refractivity contribution >= 4 is 15.7 Å². The standard InChI is InChI=1S/C19H22FNO3S/c1-13(2)18(15-8-10-17(20)11-9-15)21-19(22)16-6-4-14(5-7-16)12-25(3,23)24/h4-11,13,18H,12H2,1-3H3,(H,21,22). The smallest absolute Gasteiger partial charge is 0.251 e. The van der Waals surface area contributed by atoms with Crippen LogP contribution in [0.25, 0.3) is 0 Å². The summed E-state index contributed by atoms with van der Waals surface area (Å²) in [5.41, 5.74) is 1.92. The van der Waals surface area contributed by atoms with E-state index in [2.05, 4.69) is 5.32 Å². The summed E-state index contributed by atoms with van der Waals surface area (Å²) in [6.07, 6.45) is 1.17. The van der Waals surface area contributed by atoms with Crippen LogP contribution in [0.2, 0.25) is 0 Å². The number of benzene rings is 2. The van der Waals surface area contributed by atoms with Crippen molar-refractivity contribution in [3.05, 3.63) is 71.0 Å². The zero-order valence-electron chi connectivity index (χ0n) is 14.5. The fourth-order valence-corrected chi connectivity index (χ4v) is 3.38. The maximum absolute atomic E-state index is 13.1.